The van der Waals surface area contributed by atoms with Gasteiger partial charge in [-0.15, -0.1) is 11.8 Å². The Morgan fingerprint density at radius 1 is 1.14 bits per heavy atom. The maximum atomic E-state index is 12.7. The summed E-state index contributed by atoms with van der Waals surface area (Å²) in [5.41, 5.74) is 1.82. The van der Waals surface area contributed by atoms with Crippen LogP contribution in [0.1, 0.15) is 35.7 Å². The van der Waals surface area contributed by atoms with Gasteiger partial charge in [0, 0.05) is 30.4 Å². The van der Waals surface area contributed by atoms with Gasteiger partial charge in [-0.2, -0.15) is 0 Å². The van der Waals surface area contributed by atoms with Gasteiger partial charge in [-0.3, -0.25) is 9.59 Å². The number of hydrogen-bond acceptors (Lipinski definition) is 4. The molecular weight excluding hydrogens is 384 g/mol. The average Bonchev–Trinajstić information content (AvgIpc) is 2.78. The van der Waals surface area contributed by atoms with Crippen LogP contribution in [0, 0.1) is 0 Å². The van der Waals surface area contributed by atoms with Crippen molar-refractivity contribution < 1.29 is 14.3 Å². The summed E-state index contributed by atoms with van der Waals surface area (Å²) in [5.74, 6) is 1.59. The summed E-state index contributed by atoms with van der Waals surface area (Å²) in [6, 6.07) is 17.4. The fourth-order valence-electron chi connectivity index (χ4n) is 3.40. The molecule has 154 valence electrons. The minimum absolute atomic E-state index is 0.0712. The zero-order valence-electron chi connectivity index (χ0n) is 17.0. The first kappa shape index (κ1) is 21.2. The van der Waals surface area contributed by atoms with Crippen LogP contribution in [0.4, 0.5) is 0 Å². The number of thioether (sulfide) groups is 1. The fraction of sp³-hybridized carbons (Fsp3) is 0.391. The van der Waals surface area contributed by atoms with E-state index in [1.807, 2.05) is 42.2 Å². The number of carbonyl (C=O) groups is 2. The van der Waals surface area contributed by atoms with Gasteiger partial charge < -0.3 is 15.0 Å². The Hall–Kier alpha value is -2.47. The van der Waals surface area contributed by atoms with Crippen LogP contribution in [0.5, 0.6) is 5.75 Å². The first-order valence-electron chi connectivity index (χ1n) is 9.96. The quantitative estimate of drug-likeness (QED) is 0.753. The summed E-state index contributed by atoms with van der Waals surface area (Å²) in [7, 11) is 1.59. The van der Waals surface area contributed by atoms with Crippen molar-refractivity contribution in [3.63, 3.8) is 0 Å². The van der Waals surface area contributed by atoms with Gasteiger partial charge in [-0.1, -0.05) is 36.4 Å². The highest BCUT2D eigenvalue weighted by Crippen LogP contribution is 2.21. The number of nitrogens with one attached hydrogen (secondary N) is 1. The molecule has 29 heavy (non-hydrogen) atoms. The largest absolute Gasteiger partial charge is 0.497 e. The molecule has 1 N–H and O–H groups in total. The third kappa shape index (κ3) is 6.00. The predicted molar refractivity (Wildman–Crippen MR) is 117 cm³/mol. The highest BCUT2D eigenvalue weighted by Gasteiger charge is 2.27. The smallest absolute Gasteiger partial charge is 0.251 e. The van der Waals surface area contributed by atoms with Crippen LogP contribution < -0.4 is 10.1 Å². The van der Waals surface area contributed by atoms with Crippen molar-refractivity contribution in [1.29, 1.82) is 0 Å². The van der Waals surface area contributed by atoms with Crippen LogP contribution in [0.25, 0.3) is 0 Å². The van der Waals surface area contributed by atoms with Crippen molar-refractivity contribution in [2.24, 2.45) is 0 Å². The lowest BCUT2D eigenvalue weighted by molar-refractivity contribution is -0.131. The topological polar surface area (TPSA) is 58.6 Å². The molecule has 2 amide bonds. The molecule has 3 rings (SSSR count). The molecule has 1 fully saturated rings. The zero-order chi connectivity index (χ0) is 20.6. The Bertz CT molecular complexity index is 820. The van der Waals surface area contributed by atoms with Gasteiger partial charge in [-0.25, -0.2) is 0 Å². The Kier molecular flexibility index (Phi) is 7.58. The second-order valence-electron chi connectivity index (χ2n) is 7.24. The number of amides is 2. The minimum atomic E-state index is -0.0968. The van der Waals surface area contributed by atoms with Gasteiger partial charge in [0.15, 0.2) is 0 Å². The van der Waals surface area contributed by atoms with Crippen molar-refractivity contribution >= 4 is 23.6 Å². The molecule has 0 radical (unpaired) electrons. The van der Waals surface area contributed by atoms with E-state index in [0.717, 1.165) is 18.6 Å². The monoisotopic (exact) mass is 412 g/mol. The Morgan fingerprint density at radius 2 is 1.86 bits per heavy atom. The van der Waals surface area contributed by atoms with Crippen LogP contribution in [0.15, 0.2) is 54.6 Å². The van der Waals surface area contributed by atoms with Gasteiger partial charge in [0.2, 0.25) is 5.91 Å². The summed E-state index contributed by atoms with van der Waals surface area (Å²) in [5, 5.41) is 3.01. The van der Waals surface area contributed by atoms with Gasteiger partial charge in [0.05, 0.1) is 12.4 Å². The number of nitrogens with zero attached hydrogens (tertiary/aromatic N) is 1. The molecule has 0 saturated carbocycles. The van der Waals surface area contributed by atoms with E-state index in [4.69, 9.17) is 4.74 Å². The van der Waals surface area contributed by atoms with E-state index in [1.165, 1.54) is 5.56 Å². The zero-order valence-corrected chi connectivity index (χ0v) is 17.8. The molecule has 5 nitrogen and oxygen atoms in total. The van der Waals surface area contributed by atoms with Gasteiger partial charge in [0.1, 0.15) is 5.75 Å². The van der Waals surface area contributed by atoms with E-state index in [-0.39, 0.29) is 23.1 Å². The van der Waals surface area contributed by atoms with E-state index < -0.39 is 0 Å². The predicted octanol–water partition coefficient (Wildman–Crippen LogP) is 3.74. The Labute approximate surface area is 176 Å². The maximum Gasteiger partial charge on any atom is 0.251 e. The molecule has 0 bridgehead atoms. The molecule has 1 saturated heterocycles. The highest BCUT2D eigenvalue weighted by molar-refractivity contribution is 7.99. The van der Waals surface area contributed by atoms with Crippen molar-refractivity contribution in [2.75, 3.05) is 20.2 Å². The summed E-state index contributed by atoms with van der Waals surface area (Å²) in [6.45, 7) is 3.34. The van der Waals surface area contributed by atoms with Crippen LogP contribution >= 0.6 is 11.8 Å². The summed E-state index contributed by atoms with van der Waals surface area (Å²) in [6.07, 6.45) is 1.55. The third-order valence-corrected chi connectivity index (χ3v) is 6.37. The van der Waals surface area contributed by atoms with Crippen molar-refractivity contribution in [3.05, 3.63) is 65.7 Å². The summed E-state index contributed by atoms with van der Waals surface area (Å²) >= 11 is 1.67. The van der Waals surface area contributed by atoms with Gasteiger partial charge >= 0.3 is 0 Å². The Balaban J connectivity index is 1.44. The standard InChI is InChI=1S/C23H28N2O3S/c1-17(29-16-18-7-4-3-5-8-18)23(27)25-13-11-20(12-14-25)24-22(26)19-9-6-10-21(15-19)28-2/h3-10,15,17,20H,11-14,16H2,1-2H3,(H,24,26)/t17-/m0/s1. The molecular formula is C23H28N2O3S. The lowest BCUT2D eigenvalue weighted by atomic mass is 10.0. The van der Waals surface area contributed by atoms with E-state index in [9.17, 15) is 9.59 Å². The molecule has 1 heterocycles. The van der Waals surface area contributed by atoms with Crippen LogP contribution in [0.2, 0.25) is 0 Å². The molecule has 1 atom stereocenters. The number of rotatable bonds is 7. The number of ether oxygens (including phenoxy) is 1. The third-order valence-electron chi connectivity index (χ3n) is 5.16. The lowest BCUT2D eigenvalue weighted by Crippen LogP contribution is -2.48. The summed E-state index contributed by atoms with van der Waals surface area (Å²) < 4.78 is 5.18. The van der Waals surface area contributed by atoms with Gasteiger partial charge in [0.25, 0.3) is 5.91 Å². The van der Waals surface area contributed by atoms with Crippen molar-refractivity contribution in [2.45, 2.75) is 36.8 Å². The van der Waals surface area contributed by atoms with Crippen molar-refractivity contribution in [3.8, 4) is 5.75 Å². The molecule has 0 aliphatic carbocycles. The van der Waals surface area contributed by atoms with Crippen LogP contribution in [-0.2, 0) is 10.5 Å². The molecule has 1 aliphatic heterocycles. The molecule has 2 aromatic rings. The molecule has 1 aliphatic rings. The number of methoxy groups -OCH3 is 1. The maximum absolute atomic E-state index is 12.7. The first-order valence-corrected chi connectivity index (χ1v) is 11.0. The second kappa shape index (κ2) is 10.3. The van der Waals surface area contributed by atoms with Crippen LogP contribution in [0.3, 0.4) is 0 Å². The molecule has 0 spiro atoms. The first-order chi connectivity index (χ1) is 14.1. The normalized spacial score (nSPS) is 15.6. The number of likely N-dealkylation sites (tertiary alicyclic amines) is 1. The van der Waals surface area contributed by atoms with E-state index in [1.54, 1.807) is 31.0 Å². The average molecular weight is 413 g/mol. The number of piperidine rings is 1. The SMILES string of the molecule is COc1cccc(C(=O)NC2CCN(C(=O)[C@H](C)SCc3ccccc3)CC2)c1. The van der Waals surface area contributed by atoms with Gasteiger partial charge in [-0.05, 0) is 43.5 Å². The molecule has 0 unspecified atom stereocenters. The molecule has 2 aromatic carbocycles. The van der Waals surface area contributed by atoms with E-state index in [0.29, 0.717) is 24.4 Å². The fourth-order valence-corrected chi connectivity index (χ4v) is 4.33. The summed E-state index contributed by atoms with van der Waals surface area (Å²) in [4.78, 5) is 27.1. The number of benzene rings is 2. The lowest BCUT2D eigenvalue weighted by Gasteiger charge is -2.33. The Morgan fingerprint density at radius 3 is 2.55 bits per heavy atom. The second-order valence-corrected chi connectivity index (χ2v) is 8.57. The van der Waals surface area contributed by atoms with E-state index in [2.05, 4.69) is 17.4 Å². The van der Waals surface area contributed by atoms with E-state index >= 15 is 0 Å². The molecule has 6 heteroatoms. The number of carbonyl (C=O) groups excluding carboxylic acids is 2. The highest BCUT2D eigenvalue weighted by atomic mass is 32.2. The van der Waals surface area contributed by atoms with Crippen molar-refractivity contribution in [1.82, 2.24) is 10.2 Å². The minimum Gasteiger partial charge on any atom is -0.497 e. The van der Waals surface area contributed by atoms with Crippen LogP contribution in [-0.4, -0.2) is 48.2 Å². The molecule has 0 aromatic heterocycles. The number of hydrogen-bond donors (Lipinski definition) is 1.